The highest BCUT2D eigenvalue weighted by atomic mass is 16.6. The first-order valence-electron chi connectivity index (χ1n) is 6.83. The molecule has 2 aliphatic carbocycles. The van der Waals surface area contributed by atoms with Crippen LogP contribution in [0.2, 0.25) is 0 Å². The summed E-state index contributed by atoms with van der Waals surface area (Å²) in [4.78, 5) is 24.1. The van der Waals surface area contributed by atoms with E-state index in [9.17, 15) is 14.7 Å². The molecule has 1 aliphatic heterocycles. The Morgan fingerprint density at radius 2 is 1.95 bits per heavy atom. The molecule has 0 amide bonds. The van der Waals surface area contributed by atoms with Crippen molar-refractivity contribution in [3.05, 3.63) is 12.2 Å². The van der Waals surface area contributed by atoms with Crippen molar-refractivity contribution < 1.29 is 19.4 Å². The number of Topliss-reactive ketones (excluding diaryl/α,β-unsaturated/α-hetero) is 1. The van der Waals surface area contributed by atoms with Gasteiger partial charge in [0.05, 0.1) is 5.92 Å². The van der Waals surface area contributed by atoms with E-state index in [1.165, 1.54) is 0 Å². The van der Waals surface area contributed by atoms with Gasteiger partial charge in [-0.1, -0.05) is 26.0 Å². The molecule has 1 N–H and O–H groups in total. The standard InChI is InChI=1S/C15H20O4/c1-13(2)7-9(16)6-10-12(17)19-11-8-15(10,13)5-4-14(11,3)18/h4-5,10-11,18H,6-8H2,1-3H3. The SMILES string of the molecule is CC1(O)C=CC23CC1OC(=O)C2CC(=O)CC3(C)C. The van der Waals surface area contributed by atoms with Crippen LogP contribution < -0.4 is 0 Å². The predicted octanol–water partition coefficient (Wildman–Crippen LogP) is 1.61. The number of allylic oxidation sites excluding steroid dienone is 1. The summed E-state index contributed by atoms with van der Waals surface area (Å²) < 4.78 is 5.39. The van der Waals surface area contributed by atoms with Gasteiger partial charge in [-0.3, -0.25) is 9.59 Å². The predicted molar refractivity (Wildman–Crippen MR) is 68.2 cm³/mol. The van der Waals surface area contributed by atoms with Gasteiger partial charge < -0.3 is 9.84 Å². The molecule has 2 fully saturated rings. The summed E-state index contributed by atoms with van der Waals surface area (Å²) in [6, 6.07) is 0. The van der Waals surface area contributed by atoms with Crippen molar-refractivity contribution in [2.45, 2.75) is 51.7 Å². The van der Waals surface area contributed by atoms with Gasteiger partial charge in [-0.25, -0.2) is 0 Å². The van der Waals surface area contributed by atoms with Crippen LogP contribution in [0.15, 0.2) is 12.2 Å². The van der Waals surface area contributed by atoms with Gasteiger partial charge in [-0.15, -0.1) is 0 Å². The van der Waals surface area contributed by atoms with Crippen LogP contribution in [0.3, 0.4) is 0 Å². The van der Waals surface area contributed by atoms with Crippen molar-refractivity contribution >= 4 is 11.8 Å². The van der Waals surface area contributed by atoms with Gasteiger partial charge in [0, 0.05) is 18.3 Å². The normalized spacial score (nSPS) is 47.6. The third-order valence-corrected chi connectivity index (χ3v) is 5.39. The quantitative estimate of drug-likeness (QED) is 0.533. The Bertz CT molecular complexity index is 488. The zero-order chi connectivity index (χ0) is 14.1. The molecule has 0 aromatic carbocycles. The maximum Gasteiger partial charge on any atom is 0.310 e. The monoisotopic (exact) mass is 264 g/mol. The highest BCUT2D eigenvalue weighted by molar-refractivity contribution is 5.88. The van der Waals surface area contributed by atoms with Crippen molar-refractivity contribution in [1.29, 1.82) is 0 Å². The van der Waals surface area contributed by atoms with Crippen molar-refractivity contribution in [3.63, 3.8) is 0 Å². The lowest BCUT2D eigenvalue weighted by Crippen LogP contribution is -2.62. The van der Waals surface area contributed by atoms with Gasteiger partial charge in [0.25, 0.3) is 0 Å². The second kappa shape index (κ2) is 3.48. The van der Waals surface area contributed by atoms with Crippen LogP contribution in [0, 0.1) is 16.7 Å². The van der Waals surface area contributed by atoms with Gasteiger partial charge in [0.1, 0.15) is 17.5 Å². The third kappa shape index (κ3) is 1.55. The Balaban J connectivity index is 2.14. The molecule has 104 valence electrons. The molecule has 4 nitrogen and oxygen atoms in total. The van der Waals surface area contributed by atoms with E-state index in [4.69, 9.17) is 4.74 Å². The summed E-state index contributed by atoms with van der Waals surface area (Å²) in [6.07, 6.45) is 4.57. The van der Waals surface area contributed by atoms with Crippen molar-refractivity contribution in [1.82, 2.24) is 0 Å². The van der Waals surface area contributed by atoms with E-state index in [1.54, 1.807) is 13.0 Å². The number of aliphatic hydroxyl groups is 1. The molecule has 1 heterocycles. The fraction of sp³-hybridized carbons (Fsp3) is 0.733. The molecule has 1 spiro atoms. The zero-order valence-corrected chi connectivity index (χ0v) is 11.6. The van der Waals surface area contributed by atoms with E-state index in [1.807, 2.05) is 19.9 Å². The minimum absolute atomic E-state index is 0.127. The van der Waals surface area contributed by atoms with Crippen molar-refractivity contribution in [2.75, 3.05) is 0 Å². The molecule has 3 aliphatic rings. The Kier molecular flexibility index (Phi) is 2.35. The number of hydrogen-bond acceptors (Lipinski definition) is 4. The van der Waals surface area contributed by atoms with Crippen molar-refractivity contribution in [3.8, 4) is 0 Å². The molecule has 0 radical (unpaired) electrons. The zero-order valence-electron chi connectivity index (χ0n) is 11.6. The van der Waals surface area contributed by atoms with E-state index in [2.05, 4.69) is 0 Å². The van der Waals surface area contributed by atoms with Crippen LogP contribution >= 0.6 is 0 Å². The van der Waals surface area contributed by atoms with E-state index in [0.717, 1.165) is 0 Å². The topological polar surface area (TPSA) is 63.6 Å². The smallest absolute Gasteiger partial charge is 0.310 e. The Labute approximate surface area is 112 Å². The summed E-state index contributed by atoms with van der Waals surface area (Å²) in [5.41, 5.74) is -1.75. The molecule has 4 unspecified atom stereocenters. The number of carbonyl (C=O) groups is 2. The number of fused-ring (bicyclic) bond motifs is 1. The summed E-state index contributed by atoms with van der Waals surface area (Å²) in [7, 11) is 0. The molecular weight excluding hydrogens is 244 g/mol. The summed E-state index contributed by atoms with van der Waals surface area (Å²) in [5, 5.41) is 10.3. The van der Waals surface area contributed by atoms with Crippen LogP contribution in [-0.4, -0.2) is 28.6 Å². The maximum atomic E-state index is 12.2. The van der Waals surface area contributed by atoms with E-state index in [0.29, 0.717) is 12.8 Å². The molecule has 1 saturated carbocycles. The van der Waals surface area contributed by atoms with Crippen LogP contribution in [0.5, 0.6) is 0 Å². The maximum absolute atomic E-state index is 12.2. The number of ketones is 1. The number of carbonyl (C=O) groups excluding carboxylic acids is 2. The average Bonchev–Trinajstić information content (AvgIpc) is 2.26. The van der Waals surface area contributed by atoms with E-state index >= 15 is 0 Å². The molecule has 0 aromatic rings. The minimum atomic E-state index is -1.11. The third-order valence-electron chi connectivity index (χ3n) is 5.39. The molecule has 4 atom stereocenters. The Morgan fingerprint density at radius 3 is 2.63 bits per heavy atom. The van der Waals surface area contributed by atoms with Crippen molar-refractivity contribution in [2.24, 2.45) is 16.7 Å². The largest absolute Gasteiger partial charge is 0.459 e. The van der Waals surface area contributed by atoms with Gasteiger partial charge in [-0.2, -0.15) is 0 Å². The second-order valence-electron chi connectivity index (χ2n) is 7.09. The Morgan fingerprint density at radius 1 is 1.26 bits per heavy atom. The molecule has 4 heteroatoms. The molecule has 19 heavy (non-hydrogen) atoms. The average molecular weight is 264 g/mol. The van der Waals surface area contributed by atoms with E-state index < -0.39 is 17.6 Å². The van der Waals surface area contributed by atoms with Crippen LogP contribution in [0.25, 0.3) is 0 Å². The lowest BCUT2D eigenvalue weighted by molar-refractivity contribution is -0.204. The van der Waals surface area contributed by atoms with Gasteiger partial charge >= 0.3 is 5.97 Å². The first-order chi connectivity index (χ1) is 8.68. The van der Waals surface area contributed by atoms with Gasteiger partial charge in [0.15, 0.2) is 0 Å². The fourth-order valence-corrected chi connectivity index (χ4v) is 4.05. The van der Waals surface area contributed by atoms with Crippen LogP contribution in [0.4, 0.5) is 0 Å². The lowest BCUT2D eigenvalue weighted by Gasteiger charge is -2.58. The number of rotatable bonds is 0. The first-order valence-corrected chi connectivity index (χ1v) is 6.83. The van der Waals surface area contributed by atoms with Crippen LogP contribution in [-0.2, 0) is 14.3 Å². The number of ether oxygens (including phenoxy) is 1. The van der Waals surface area contributed by atoms with Gasteiger partial charge in [-0.05, 0) is 18.8 Å². The number of esters is 1. The first kappa shape index (κ1) is 12.9. The summed E-state index contributed by atoms with van der Waals surface area (Å²) in [5.74, 6) is -0.601. The molecule has 3 rings (SSSR count). The van der Waals surface area contributed by atoms with Gasteiger partial charge in [0.2, 0.25) is 0 Å². The minimum Gasteiger partial charge on any atom is -0.459 e. The molecule has 1 saturated heterocycles. The summed E-state index contributed by atoms with van der Waals surface area (Å²) >= 11 is 0. The highest BCUT2D eigenvalue weighted by Gasteiger charge is 2.63. The van der Waals surface area contributed by atoms with Crippen LogP contribution in [0.1, 0.15) is 40.0 Å². The molecule has 2 bridgehead atoms. The summed E-state index contributed by atoms with van der Waals surface area (Å²) in [6.45, 7) is 5.74. The second-order valence-corrected chi connectivity index (χ2v) is 7.09. The molecular formula is C15H20O4. The Hall–Kier alpha value is -1.16. The lowest BCUT2D eigenvalue weighted by atomic mass is 9.48. The molecule has 0 aromatic heterocycles. The highest BCUT2D eigenvalue weighted by Crippen LogP contribution is 2.61. The number of hydrogen-bond donors (Lipinski definition) is 1. The van der Waals surface area contributed by atoms with E-state index in [-0.39, 0.29) is 29.0 Å². The fourth-order valence-electron chi connectivity index (χ4n) is 4.05.